The molecule has 176 valence electrons. The quantitative estimate of drug-likeness (QED) is 0.148. The summed E-state index contributed by atoms with van der Waals surface area (Å²) in [6.07, 6.45) is 3.37. The Bertz CT molecular complexity index is 958. The van der Waals surface area contributed by atoms with E-state index in [1.54, 1.807) is 0 Å². The summed E-state index contributed by atoms with van der Waals surface area (Å²) in [5, 5.41) is 16.4. The summed E-state index contributed by atoms with van der Waals surface area (Å²) in [7, 11) is 0. The van der Waals surface area contributed by atoms with Crippen LogP contribution in [0, 0.1) is 0 Å². The summed E-state index contributed by atoms with van der Waals surface area (Å²) < 4.78 is 0. The standard InChI is InChI=1S/2C12H10N2.C5H8O2/c2*1-3-7-11(8-4-1)13-14-12-9-5-2-6-10-12;6-4-2-1-3-5-7/h2*1-10H;4-5H,1-3H2. The fourth-order valence-corrected chi connectivity index (χ4v) is 2.49. The molecule has 0 amide bonds. The number of unbranched alkanes of at least 4 members (excludes halogenated alkanes) is 2. The van der Waals surface area contributed by atoms with Gasteiger partial charge < -0.3 is 9.59 Å². The molecule has 0 aliphatic rings. The van der Waals surface area contributed by atoms with Gasteiger partial charge in [0, 0.05) is 12.8 Å². The lowest BCUT2D eigenvalue weighted by atomic mass is 10.3. The van der Waals surface area contributed by atoms with Crippen molar-refractivity contribution in [2.75, 3.05) is 0 Å². The summed E-state index contributed by atoms with van der Waals surface area (Å²) in [5.41, 5.74) is 3.49. The molecule has 0 unspecified atom stereocenters. The van der Waals surface area contributed by atoms with Gasteiger partial charge in [-0.2, -0.15) is 20.5 Å². The Morgan fingerprint density at radius 1 is 0.400 bits per heavy atom. The van der Waals surface area contributed by atoms with Gasteiger partial charge in [-0.3, -0.25) is 0 Å². The second-order valence-corrected chi connectivity index (χ2v) is 7.01. The average Bonchev–Trinajstić information content (AvgIpc) is 2.94. The zero-order chi connectivity index (χ0) is 24.8. The molecule has 0 aromatic heterocycles. The maximum absolute atomic E-state index is 9.56. The summed E-state index contributed by atoms with van der Waals surface area (Å²) in [5.74, 6) is 0. The number of hydrogen-bond acceptors (Lipinski definition) is 6. The minimum Gasteiger partial charge on any atom is -0.303 e. The van der Waals surface area contributed by atoms with E-state index in [9.17, 15) is 9.59 Å². The molecule has 0 aliphatic carbocycles. The number of rotatable bonds is 8. The molecule has 0 saturated carbocycles. The van der Waals surface area contributed by atoms with Crippen molar-refractivity contribution in [1.82, 2.24) is 0 Å². The summed E-state index contributed by atoms with van der Waals surface area (Å²) in [4.78, 5) is 19.1. The van der Waals surface area contributed by atoms with Crippen molar-refractivity contribution in [3.8, 4) is 0 Å². The van der Waals surface area contributed by atoms with Crippen LogP contribution in [0.15, 0.2) is 142 Å². The number of carbonyl (C=O) groups excluding carboxylic acids is 2. The third kappa shape index (κ3) is 12.9. The Morgan fingerprint density at radius 3 is 0.829 bits per heavy atom. The monoisotopic (exact) mass is 464 g/mol. The Hall–Kier alpha value is -4.58. The van der Waals surface area contributed by atoms with Crippen molar-refractivity contribution in [2.45, 2.75) is 19.3 Å². The van der Waals surface area contributed by atoms with Gasteiger partial charge in [0.1, 0.15) is 12.6 Å². The molecule has 4 rings (SSSR count). The van der Waals surface area contributed by atoms with Crippen LogP contribution in [0.1, 0.15) is 19.3 Å². The van der Waals surface area contributed by atoms with Crippen molar-refractivity contribution < 1.29 is 9.59 Å². The number of benzene rings is 4. The van der Waals surface area contributed by atoms with Crippen LogP contribution in [0.3, 0.4) is 0 Å². The molecular weight excluding hydrogens is 436 g/mol. The van der Waals surface area contributed by atoms with E-state index in [1.165, 1.54) is 0 Å². The van der Waals surface area contributed by atoms with E-state index in [2.05, 4.69) is 20.5 Å². The molecule has 0 saturated heterocycles. The molecule has 0 aliphatic heterocycles. The van der Waals surface area contributed by atoms with Gasteiger partial charge in [0.05, 0.1) is 22.7 Å². The second kappa shape index (κ2) is 17.9. The highest BCUT2D eigenvalue weighted by Gasteiger charge is 1.88. The molecule has 0 fully saturated rings. The number of azo groups is 2. The van der Waals surface area contributed by atoms with Crippen molar-refractivity contribution in [1.29, 1.82) is 0 Å². The van der Waals surface area contributed by atoms with Crippen molar-refractivity contribution in [3.05, 3.63) is 121 Å². The fraction of sp³-hybridized carbons (Fsp3) is 0.103. The number of nitrogens with zero attached hydrogens (tertiary/aromatic N) is 4. The van der Waals surface area contributed by atoms with Gasteiger partial charge in [-0.1, -0.05) is 72.8 Å². The van der Waals surface area contributed by atoms with Crippen LogP contribution in [-0.2, 0) is 9.59 Å². The largest absolute Gasteiger partial charge is 0.303 e. The van der Waals surface area contributed by atoms with Gasteiger partial charge in [-0.25, -0.2) is 0 Å². The van der Waals surface area contributed by atoms with E-state index < -0.39 is 0 Å². The summed E-state index contributed by atoms with van der Waals surface area (Å²) in [6.45, 7) is 0. The van der Waals surface area contributed by atoms with E-state index in [0.717, 1.165) is 35.3 Å². The van der Waals surface area contributed by atoms with Gasteiger partial charge >= 0.3 is 0 Å². The minimum atomic E-state index is 0.513. The first-order valence-electron chi connectivity index (χ1n) is 11.2. The van der Waals surface area contributed by atoms with Crippen LogP contribution in [0.25, 0.3) is 0 Å². The predicted molar refractivity (Wildman–Crippen MR) is 140 cm³/mol. The minimum absolute atomic E-state index is 0.513. The van der Waals surface area contributed by atoms with Gasteiger partial charge in [0.15, 0.2) is 0 Å². The molecule has 4 aromatic rings. The summed E-state index contributed by atoms with van der Waals surface area (Å²) in [6, 6.07) is 38.8. The van der Waals surface area contributed by atoms with Crippen LogP contribution in [0.5, 0.6) is 0 Å². The van der Waals surface area contributed by atoms with Gasteiger partial charge in [0.2, 0.25) is 0 Å². The van der Waals surface area contributed by atoms with Crippen LogP contribution in [-0.4, -0.2) is 12.6 Å². The molecular formula is C29H28N4O2. The lowest BCUT2D eigenvalue weighted by Crippen LogP contribution is -1.76. The maximum Gasteiger partial charge on any atom is 0.120 e. The highest BCUT2D eigenvalue weighted by atomic mass is 16.1. The van der Waals surface area contributed by atoms with E-state index in [1.807, 2.05) is 121 Å². The SMILES string of the molecule is O=CCCCC=O.c1ccc(N=Nc2ccccc2)cc1.c1ccc(N=Nc2ccccc2)cc1. The molecule has 6 nitrogen and oxygen atoms in total. The number of aldehydes is 2. The lowest BCUT2D eigenvalue weighted by molar-refractivity contribution is -0.108. The zero-order valence-corrected chi connectivity index (χ0v) is 19.4. The van der Waals surface area contributed by atoms with E-state index in [4.69, 9.17) is 0 Å². The molecule has 35 heavy (non-hydrogen) atoms. The molecule has 0 spiro atoms. The highest BCUT2D eigenvalue weighted by Crippen LogP contribution is 2.17. The third-order valence-corrected chi connectivity index (χ3v) is 4.23. The lowest BCUT2D eigenvalue weighted by Gasteiger charge is -1.91. The second-order valence-electron chi connectivity index (χ2n) is 7.01. The van der Waals surface area contributed by atoms with Crippen LogP contribution >= 0.6 is 0 Å². The Labute approximate surface area is 206 Å². The maximum atomic E-state index is 9.56. The van der Waals surface area contributed by atoms with E-state index in [0.29, 0.717) is 19.3 Å². The Morgan fingerprint density at radius 2 is 0.629 bits per heavy atom. The molecule has 0 radical (unpaired) electrons. The normalized spacial score (nSPS) is 10.1. The Balaban J connectivity index is 0.000000197. The topological polar surface area (TPSA) is 83.6 Å². The third-order valence-electron chi connectivity index (χ3n) is 4.23. The van der Waals surface area contributed by atoms with Gasteiger partial charge in [-0.15, -0.1) is 0 Å². The first-order chi connectivity index (χ1) is 17.3. The first kappa shape index (κ1) is 26.7. The van der Waals surface area contributed by atoms with Crippen molar-refractivity contribution in [3.63, 3.8) is 0 Å². The van der Waals surface area contributed by atoms with Gasteiger partial charge in [-0.05, 0) is 55.0 Å². The average molecular weight is 465 g/mol. The van der Waals surface area contributed by atoms with Crippen LogP contribution in [0.4, 0.5) is 22.7 Å². The van der Waals surface area contributed by atoms with Crippen LogP contribution in [0.2, 0.25) is 0 Å². The smallest absolute Gasteiger partial charge is 0.120 e. The molecule has 0 N–H and O–H groups in total. The molecule has 0 bridgehead atoms. The van der Waals surface area contributed by atoms with E-state index >= 15 is 0 Å². The number of hydrogen-bond donors (Lipinski definition) is 0. The van der Waals surface area contributed by atoms with Gasteiger partial charge in [0.25, 0.3) is 0 Å². The molecule has 0 heterocycles. The van der Waals surface area contributed by atoms with Crippen LogP contribution < -0.4 is 0 Å². The number of carbonyl (C=O) groups is 2. The molecule has 0 atom stereocenters. The summed E-state index contributed by atoms with van der Waals surface area (Å²) >= 11 is 0. The first-order valence-corrected chi connectivity index (χ1v) is 11.2. The predicted octanol–water partition coefficient (Wildman–Crippen LogP) is 8.76. The fourth-order valence-electron chi connectivity index (χ4n) is 2.49. The van der Waals surface area contributed by atoms with Crippen molar-refractivity contribution in [2.24, 2.45) is 20.5 Å². The Kier molecular flexibility index (Phi) is 13.7. The zero-order valence-electron chi connectivity index (χ0n) is 19.4. The molecule has 4 aromatic carbocycles. The van der Waals surface area contributed by atoms with E-state index in [-0.39, 0.29) is 0 Å². The molecule has 6 heteroatoms. The highest BCUT2D eigenvalue weighted by molar-refractivity contribution is 5.53. The van der Waals surface area contributed by atoms with Crippen molar-refractivity contribution >= 4 is 35.3 Å².